The molecule has 3 aromatic rings. The Morgan fingerprint density at radius 2 is 1.69 bits per heavy atom. The van der Waals surface area contributed by atoms with Crippen molar-refractivity contribution in [2.75, 3.05) is 23.8 Å². The van der Waals surface area contributed by atoms with E-state index in [9.17, 15) is 22.0 Å². The molecule has 0 unspecified atom stereocenters. The molecular weight excluding hydrogens is 442 g/mol. The first-order valence-electron chi connectivity index (χ1n) is 9.44. The maximum absolute atomic E-state index is 13.9. The van der Waals surface area contributed by atoms with Gasteiger partial charge < -0.3 is 14.8 Å². The molecule has 0 fully saturated rings. The van der Waals surface area contributed by atoms with Crippen molar-refractivity contribution in [3.8, 4) is 11.5 Å². The van der Waals surface area contributed by atoms with Crippen LogP contribution in [0.25, 0.3) is 0 Å². The van der Waals surface area contributed by atoms with E-state index >= 15 is 0 Å². The minimum Gasteiger partial charge on any atom is -0.495 e. The van der Waals surface area contributed by atoms with Crippen LogP contribution in [0, 0.1) is 11.6 Å². The van der Waals surface area contributed by atoms with Crippen LogP contribution < -0.4 is 19.5 Å². The third kappa shape index (κ3) is 5.14. The molecule has 0 spiro atoms. The number of carbonyl (C=O) groups excluding carboxylic acids is 1. The smallest absolute Gasteiger partial charge is 0.265 e. The topological polar surface area (TPSA) is 93.7 Å². The molecule has 0 aliphatic carbocycles. The number of methoxy groups -OCH3 is 1. The van der Waals surface area contributed by atoms with Crippen LogP contribution in [-0.2, 0) is 10.0 Å². The number of benzene rings is 3. The van der Waals surface area contributed by atoms with E-state index < -0.39 is 33.1 Å². The molecule has 0 aliphatic rings. The van der Waals surface area contributed by atoms with Gasteiger partial charge in [0.2, 0.25) is 0 Å². The molecule has 3 rings (SSSR count). The summed E-state index contributed by atoms with van der Waals surface area (Å²) in [7, 11) is -2.82. The quantitative estimate of drug-likeness (QED) is 0.517. The molecule has 0 saturated carbocycles. The molecule has 3 aromatic carbocycles. The Morgan fingerprint density at radius 3 is 2.34 bits per heavy atom. The minimum absolute atomic E-state index is 0.0263. The fraction of sp³-hybridized carbons (Fsp3) is 0.136. The molecule has 32 heavy (non-hydrogen) atoms. The highest BCUT2D eigenvalue weighted by Crippen LogP contribution is 2.29. The van der Waals surface area contributed by atoms with E-state index in [-0.39, 0.29) is 22.0 Å². The Bertz CT molecular complexity index is 1230. The zero-order valence-electron chi connectivity index (χ0n) is 17.2. The van der Waals surface area contributed by atoms with Gasteiger partial charge in [-0.25, -0.2) is 17.2 Å². The van der Waals surface area contributed by atoms with E-state index in [2.05, 4.69) is 10.0 Å². The van der Waals surface area contributed by atoms with Crippen LogP contribution in [0.5, 0.6) is 11.5 Å². The van der Waals surface area contributed by atoms with E-state index in [1.54, 1.807) is 12.1 Å². The summed E-state index contributed by atoms with van der Waals surface area (Å²) in [6, 6.07) is 13.4. The molecule has 2 N–H and O–H groups in total. The first kappa shape index (κ1) is 23.0. The first-order valence-corrected chi connectivity index (χ1v) is 10.9. The lowest BCUT2D eigenvalue weighted by Crippen LogP contribution is -2.17. The molecular formula is C22H20F2N2O5S. The van der Waals surface area contributed by atoms with Gasteiger partial charge in [0.1, 0.15) is 16.4 Å². The summed E-state index contributed by atoms with van der Waals surface area (Å²) in [6.07, 6.45) is 0. The second kappa shape index (κ2) is 9.65. The number of hydrogen-bond acceptors (Lipinski definition) is 5. The maximum atomic E-state index is 13.9. The van der Waals surface area contributed by atoms with E-state index in [1.807, 2.05) is 6.92 Å². The second-order valence-corrected chi connectivity index (χ2v) is 8.13. The molecule has 0 bridgehead atoms. The molecule has 10 heteroatoms. The van der Waals surface area contributed by atoms with Crippen molar-refractivity contribution < 1.29 is 31.5 Å². The molecule has 0 aliphatic heterocycles. The van der Waals surface area contributed by atoms with Gasteiger partial charge in [-0.05, 0) is 61.5 Å². The van der Waals surface area contributed by atoms with Gasteiger partial charge in [-0.3, -0.25) is 9.52 Å². The Hall–Kier alpha value is -3.66. The van der Waals surface area contributed by atoms with Crippen molar-refractivity contribution in [1.82, 2.24) is 0 Å². The highest BCUT2D eigenvalue weighted by atomic mass is 32.2. The first-order chi connectivity index (χ1) is 15.2. The number of ether oxygens (including phenoxy) is 2. The highest BCUT2D eigenvalue weighted by molar-refractivity contribution is 7.92. The third-order valence-corrected chi connectivity index (χ3v) is 5.73. The van der Waals surface area contributed by atoms with Crippen molar-refractivity contribution in [3.05, 3.63) is 77.9 Å². The van der Waals surface area contributed by atoms with Gasteiger partial charge in [0.05, 0.1) is 19.3 Å². The molecule has 168 valence electrons. The van der Waals surface area contributed by atoms with Gasteiger partial charge in [0, 0.05) is 11.4 Å². The second-order valence-electron chi connectivity index (χ2n) is 6.48. The summed E-state index contributed by atoms with van der Waals surface area (Å²) >= 11 is 0. The molecule has 0 radical (unpaired) electrons. The summed E-state index contributed by atoms with van der Waals surface area (Å²) in [6.45, 7) is 2.30. The average Bonchev–Trinajstić information content (AvgIpc) is 2.77. The Morgan fingerprint density at radius 1 is 1.00 bits per heavy atom. The highest BCUT2D eigenvalue weighted by Gasteiger charge is 2.22. The number of rotatable bonds is 8. The van der Waals surface area contributed by atoms with Crippen LogP contribution in [0.1, 0.15) is 17.3 Å². The molecule has 0 heterocycles. The number of anilines is 2. The summed E-state index contributed by atoms with van der Waals surface area (Å²) in [5.41, 5.74) is -0.184. The lowest BCUT2D eigenvalue weighted by atomic mass is 10.2. The van der Waals surface area contributed by atoms with E-state index in [1.165, 1.54) is 37.4 Å². The molecule has 1 amide bonds. The number of carbonyl (C=O) groups is 1. The van der Waals surface area contributed by atoms with E-state index in [0.29, 0.717) is 12.4 Å². The Balaban J connectivity index is 1.88. The summed E-state index contributed by atoms with van der Waals surface area (Å²) in [5.74, 6) is -2.80. The van der Waals surface area contributed by atoms with E-state index in [4.69, 9.17) is 9.47 Å². The van der Waals surface area contributed by atoms with Crippen molar-refractivity contribution in [3.63, 3.8) is 0 Å². The number of hydrogen-bond donors (Lipinski definition) is 2. The van der Waals surface area contributed by atoms with Crippen molar-refractivity contribution in [2.24, 2.45) is 0 Å². The zero-order chi connectivity index (χ0) is 23.3. The lowest BCUT2D eigenvalue weighted by molar-refractivity contribution is 0.102. The zero-order valence-corrected chi connectivity index (χ0v) is 18.0. The fourth-order valence-electron chi connectivity index (χ4n) is 2.84. The Kier molecular flexibility index (Phi) is 6.94. The normalized spacial score (nSPS) is 11.0. The minimum atomic E-state index is -4.12. The Labute approximate surface area is 184 Å². The van der Waals surface area contributed by atoms with Crippen LogP contribution >= 0.6 is 0 Å². The number of amides is 1. The summed E-state index contributed by atoms with van der Waals surface area (Å²) in [4.78, 5) is 12.1. The van der Waals surface area contributed by atoms with Crippen molar-refractivity contribution >= 4 is 27.3 Å². The van der Waals surface area contributed by atoms with E-state index in [0.717, 1.165) is 18.2 Å². The summed E-state index contributed by atoms with van der Waals surface area (Å²) in [5, 5.41) is 2.37. The number of nitrogens with one attached hydrogen (secondary N) is 2. The predicted octanol–water partition coefficient (Wildman–Crippen LogP) is 4.43. The molecule has 0 saturated heterocycles. The molecule has 0 atom stereocenters. The lowest BCUT2D eigenvalue weighted by Gasteiger charge is -2.14. The van der Waals surface area contributed by atoms with Crippen LogP contribution in [0.4, 0.5) is 20.2 Å². The van der Waals surface area contributed by atoms with Crippen LogP contribution in [0.3, 0.4) is 0 Å². The number of sulfonamides is 1. The monoisotopic (exact) mass is 462 g/mol. The molecule has 7 nitrogen and oxygen atoms in total. The average molecular weight is 462 g/mol. The standard InChI is InChI=1S/C22H20F2N2O5S/c1-3-31-16-10-7-14(8-11-16)26-32(28,29)20-13-15(9-12-19(20)30-2)25-22(27)17-5-4-6-18(23)21(17)24/h4-13,26H,3H2,1-2H3,(H,25,27). The largest absolute Gasteiger partial charge is 0.495 e. The van der Waals surface area contributed by atoms with Crippen molar-refractivity contribution in [1.29, 1.82) is 0 Å². The maximum Gasteiger partial charge on any atom is 0.265 e. The van der Waals surface area contributed by atoms with Crippen LogP contribution in [-0.4, -0.2) is 28.0 Å². The summed E-state index contributed by atoms with van der Waals surface area (Å²) < 4.78 is 66.1. The van der Waals surface area contributed by atoms with Crippen molar-refractivity contribution in [2.45, 2.75) is 11.8 Å². The third-order valence-electron chi connectivity index (χ3n) is 4.32. The molecule has 0 aromatic heterocycles. The SMILES string of the molecule is CCOc1ccc(NS(=O)(=O)c2cc(NC(=O)c3cccc(F)c3F)ccc2OC)cc1. The van der Waals surface area contributed by atoms with Gasteiger partial charge in [-0.1, -0.05) is 6.07 Å². The van der Waals surface area contributed by atoms with Gasteiger partial charge in [0.25, 0.3) is 15.9 Å². The predicted molar refractivity (Wildman–Crippen MR) is 116 cm³/mol. The van der Waals surface area contributed by atoms with Gasteiger partial charge >= 0.3 is 0 Å². The van der Waals surface area contributed by atoms with Gasteiger partial charge in [0.15, 0.2) is 11.6 Å². The number of halogens is 2. The van der Waals surface area contributed by atoms with Crippen LogP contribution in [0.15, 0.2) is 65.6 Å². The van der Waals surface area contributed by atoms with Crippen LogP contribution in [0.2, 0.25) is 0 Å². The van der Waals surface area contributed by atoms with Gasteiger partial charge in [-0.15, -0.1) is 0 Å². The fourth-order valence-corrected chi connectivity index (χ4v) is 4.09. The van der Waals surface area contributed by atoms with Gasteiger partial charge in [-0.2, -0.15) is 0 Å².